The SMILES string of the molecule is CCCCC(CC(C)C)C(C)(CC)CC. The van der Waals surface area contributed by atoms with Crippen molar-refractivity contribution in [3.63, 3.8) is 0 Å². The number of hydrogen-bond acceptors (Lipinski definition) is 0. The lowest BCUT2D eigenvalue weighted by Crippen LogP contribution is -2.27. The summed E-state index contributed by atoms with van der Waals surface area (Å²) < 4.78 is 0. The molecule has 0 aliphatic carbocycles. The molecule has 0 saturated heterocycles. The second kappa shape index (κ2) is 7.30. The van der Waals surface area contributed by atoms with Crippen LogP contribution in [0.2, 0.25) is 0 Å². The Bertz CT molecular complexity index is 142. The highest BCUT2D eigenvalue weighted by Crippen LogP contribution is 2.41. The van der Waals surface area contributed by atoms with E-state index in [1.165, 1.54) is 38.5 Å². The van der Waals surface area contributed by atoms with Crippen molar-refractivity contribution in [2.75, 3.05) is 0 Å². The molecule has 15 heavy (non-hydrogen) atoms. The second-order valence-corrected chi connectivity index (χ2v) is 5.83. The van der Waals surface area contributed by atoms with Crippen LogP contribution in [0.15, 0.2) is 0 Å². The molecule has 0 spiro atoms. The van der Waals surface area contributed by atoms with E-state index in [9.17, 15) is 0 Å². The quantitative estimate of drug-likeness (QED) is 0.486. The first-order valence-electron chi connectivity index (χ1n) is 7.00. The first kappa shape index (κ1) is 15.0. The highest BCUT2D eigenvalue weighted by atomic mass is 14.4. The van der Waals surface area contributed by atoms with E-state index in [1.54, 1.807) is 0 Å². The fraction of sp³-hybridized carbons (Fsp3) is 1.00. The lowest BCUT2D eigenvalue weighted by atomic mass is 9.68. The minimum atomic E-state index is 0.583. The number of unbranched alkanes of at least 4 members (excludes halogenated alkanes) is 1. The van der Waals surface area contributed by atoms with Gasteiger partial charge in [-0.05, 0) is 30.1 Å². The van der Waals surface area contributed by atoms with Crippen LogP contribution in [0.5, 0.6) is 0 Å². The second-order valence-electron chi connectivity index (χ2n) is 5.83. The summed E-state index contributed by atoms with van der Waals surface area (Å²) in [5.41, 5.74) is 0.583. The third-order valence-corrected chi connectivity index (χ3v) is 4.26. The molecule has 92 valence electrons. The van der Waals surface area contributed by atoms with Crippen LogP contribution in [-0.4, -0.2) is 0 Å². The first-order valence-corrected chi connectivity index (χ1v) is 7.00. The van der Waals surface area contributed by atoms with Gasteiger partial charge in [-0.2, -0.15) is 0 Å². The highest BCUT2D eigenvalue weighted by molar-refractivity contribution is 4.81. The van der Waals surface area contributed by atoms with E-state index in [2.05, 4.69) is 41.5 Å². The van der Waals surface area contributed by atoms with Gasteiger partial charge in [-0.15, -0.1) is 0 Å². The summed E-state index contributed by atoms with van der Waals surface area (Å²) in [5, 5.41) is 0. The molecule has 0 aliphatic rings. The van der Waals surface area contributed by atoms with E-state index in [4.69, 9.17) is 0 Å². The van der Waals surface area contributed by atoms with Crippen molar-refractivity contribution in [1.29, 1.82) is 0 Å². The van der Waals surface area contributed by atoms with Crippen LogP contribution in [0.3, 0.4) is 0 Å². The molecule has 1 unspecified atom stereocenters. The Balaban J connectivity index is 4.43. The predicted molar refractivity (Wildman–Crippen MR) is 71.2 cm³/mol. The molecule has 0 N–H and O–H groups in total. The molecule has 0 aromatic heterocycles. The van der Waals surface area contributed by atoms with Gasteiger partial charge in [-0.1, -0.05) is 67.2 Å². The Labute approximate surface area is 97.8 Å². The molecule has 1 atom stereocenters. The Morgan fingerprint density at radius 1 is 1.00 bits per heavy atom. The molecular formula is C15H32. The predicted octanol–water partition coefficient (Wildman–Crippen LogP) is 5.67. The van der Waals surface area contributed by atoms with E-state index in [0.29, 0.717) is 5.41 Å². The summed E-state index contributed by atoms with van der Waals surface area (Å²) in [6, 6.07) is 0. The zero-order valence-corrected chi connectivity index (χ0v) is 11.9. The van der Waals surface area contributed by atoms with Gasteiger partial charge in [0.05, 0.1) is 0 Å². The molecule has 0 saturated carbocycles. The zero-order valence-electron chi connectivity index (χ0n) is 11.9. The van der Waals surface area contributed by atoms with Gasteiger partial charge < -0.3 is 0 Å². The van der Waals surface area contributed by atoms with E-state index in [0.717, 1.165) is 11.8 Å². The minimum Gasteiger partial charge on any atom is -0.0654 e. The molecule has 0 heteroatoms. The smallest absolute Gasteiger partial charge is 0.0303 e. The average Bonchev–Trinajstić information content (AvgIpc) is 2.22. The molecule has 0 fully saturated rings. The Hall–Kier alpha value is 0. The van der Waals surface area contributed by atoms with Gasteiger partial charge in [0.25, 0.3) is 0 Å². The van der Waals surface area contributed by atoms with Gasteiger partial charge in [0.1, 0.15) is 0 Å². The minimum absolute atomic E-state index is 0.583. The molecule has 0 nitrogen and oxygen atoms in total. The maximum atomic E-state index is 2.50. The monoisotopic (exact) mass is 212 g/mol. The van der Waals surface area contributed by atoms with Crippen LogP contribution in [0.4, 0.5) is 0 Å². The van der Waals surface area contributed by atoms with Crippen LogP contribution in [-0.2, 0) is 0 Å². The molecular weight excluding hydrogens is 180 g/mol. The summed E-state index contributed by atoms with van der Waals surface area (Å²) in [5.74, 6) is 1.79. The van der Waals surface area contributed by atoms with Crippen molar-refractivity contribution in [3.8, 4) is 0 Å². The maximum absolute atomic E-state index is 2.50. The molecule has 0 radical (unpaired) electrons. The zero-order chi connectivity index (χ0) is 11.9. The molecule has 0 amide bonds. The lowest BCUT2D eigenvalue weighted by Gasteiger charge is -2.37. The largest absolute Gasteiger partial charge is 0.0654 e. The van der Waals surface area contributed by atoms with Gasteiger partial charge in [0.2, 0.25) is 0 Å². The maximum Gasteiger partial charge on any atom is -0.0303 e. The van der Waals surface area contributed by atoms with Gasteiger partial charge in [-0.25, -0.2) is 0 Å². The van der Waals surface area contributed by atoms with Crippen molar-refractivity contribution >= 4 is 0 Å². The number of rotatable bonds is 8. The normalized spacial score (nSPS) is 14.6. The topological polar surface area (TPSA) is 0 Å². The van der Waals surface area contributed by atoms with Crippen molar-refractivity contribution in [1.82, 2.24) is 0 Å². The molecule has 0 bridgehead atoms. The Morgan fingerprint density at radius 3 is 1.87 bits per heavy atom. The Kier molecular flexibility index (Phi) is 7.30. The summed E-state index contributed by atoms with van der Waals surface area (Å²) in [6.07, 6.45) is 8.28. The van der Waals surface area contributed by atoms with Crippen LogP contribution in [0, 0.1) is 17.3 Å². The van der Waals surface area contributed by atoms with Crippen LogP contribution < -0.4 is 0 Å². The summed E-state index contributed by atoms with van der Waals surface area (Å²) >= 11 is 0. The van der Waals surface area contributed by atoms with Crippen LogP contribution >= 0.6 is 0 Å². The van der Waals surface area contributed by atoms with Crippen molar-refractivity contribution in [2.45, 2.75) is 80.1 Å². The molecule has 0 rings (SSSR count). The molecule has 0 aromatic rings. The third-order valence-electron chi connectivity index (χ3n) is 4.26. The molecule has 0 aliphatic heterocycles. The van der Waals surface area contributed by atoms with E-state index in [-0.39, 0.29) is 0 Å². The van der Waals surface area contributed by atoms with E-state index in [1.807, 2.05) is 0 Å². The first-order chi connectivity index (χ1) is 7.00. The summed E-state index contributed by atoms with van der Waals surface area (Å²) in [7, 11) is 0. The summed E-state index contributed by atoms with van der Waals surface area (Å²) in [6.45, 7) is 14.3. The van der Waals surface area contributed by atoms with E-state index >= 15 is 0 Å². The van der Waals surface area contributed by atoms with Gasteiger partial charge in [0, 0.05) is 0 Å². The average molecular weight is 212 g/mol. The van der Waals surface area contributed by atoms with Crippen LogP contribution in [0.1, 0.15) is 80.1 Å². The van der Waals surface area contributed by atoms with Crippen molar-refractivity contribution < 1.29 is 0 Å². The third kappa shape index (κ3) is 5.04. The lowest BCUT2D eigenvalue weighted by molar-refractivity contribution is 0.131. The van der Waals surface area contributed by atoms with Gasteiger partial charge >= 0.3 is 0 Å². The Morgan fingerprint density at radius 2 is 1.53 bits per heavy atom. The van der Waals surface area contributed by atoms with Gasteiger partial charge in [-0.3, -0.25) is 0 Å². The molecule has 0 heterocycles. The highest BCUT2D eigenvalue weighted by Gasteiger charge is 2.30. The van der Waals surface area contributed by atoms with Crippen LogP contribution in [0.25, 0.3) is 0 Å². The van der Waals surface area contributed by atoms with Crippen molar-refractivity contribution in [2.24, 2.45) is 17.3 Å². The van der Waals surface area contributed by atoms with Crippen molar-refractivity contribution in [3.05, 3.63) is 0 Å². The molecule has 0 aromatic carbocycles. The standard InChI is InChI=1S/C15H32/c1-7-10-11-14(12-13(4)5)15(6,8-2)9-3/h13-14H,7-12H2,1-6H3. The fourth-order valence-corrected chi connectivity index (χ4v) is 2.60. The summed E-state index contributed by atoms with van der Waals surface area (Å²) in [4.78, 5) is 0. The van der Waals surface area contributed by atoms with Gasteiger partial charge in [0.15, 0.2) is 0 Å². The fourth-order valence-electron chi connectivity index (χ4n) is 2.60. The number of hydrogen-bond donors (Lipinski definition) is 0. The van der Waals surface area contributed by atoms with E-state index < -0.39 is 0 Å².